The second kappa shape index (κ2) is 3.95. The van der Waals surface area contributed by atoms with E-state index in [1.807, 2.05) is 6.26 Å². The van der Waals surface area contributed by atoms with Crippen LogP contribution >= 0.6 is 0 Å². The minimum atomic E-state index is 0.731. The van der Waals surface area contributed by atoms with E-state index in [9.17, 15) is 0 Å². The van der Waals surface area contributed by atoms with Gasteiger partial charge >= 0.3 is 0 Å². The first-order valence-electron chi connectivity index (χ1n) is 6.03. The Labute approximate surface area is 95.6 Å². The van der Waals surface area contributed by atoms with Crippen molar-refractivity contribution in [1.82, 2.24) is 5.32 Å². The first-order chi connectivity index (χ1) is 7.84. The molecule has 1 N–H and O–H groups in total. The van der Waals surface area contributed by atoms with Crippen LogP contribution in [0.1, 0.15) is 30.4 Å². The second-order valence-corrected chi connectivity index (χ2v) is 4.72. The summed E-state index contributed by atoms with van der Waals surface area (Å²) in [4.78, 5) is 0. The summed E-state index contributed by atoms with van der Waals surface area (Å²) in [6, 6.07) is 7.06. The highest BCUT2D eigenvalue weighted by molar-refractivity contribution is 5.83. The largest absolute Gasteiger partial charge is 0.464 e. The minimum Gasteiger partial charge on any atom is -0.464 e. The Morgan fingerprint density at radius 2 is 2.25 bits per heavy atom. The normalized spacial score (nSPS) is 16.6. The molecular formula is C14H17NO. The Bertz CT molecular complexity index is 496. The molecule has 1 aliphatic carbocycles. The van der Waals surface area contributed by atoms with Crippen LogP contribution in [0.4, 0.5) is 0 Å². The van der Waals surface area contributed by atoms with Crippen LogP contribution in [0.25, 0.3) is 11.0 Å². The number of benzene rings is 1. The molecule has 0 amide bonds. The van der Waals surface area contributed by atoms with Crippen molar-refractivity contribution in [3.05, 3.63) is 35.6 Å². The van der Waals surface area contributed by atoms with Crippen molar-refractivity contribution in [2.75, 3.05) is 0 Å². The zero-order valence-corrected chi connectivity index (χ0v) is 9.62. The Balaban J connectivity index is 1.83. The number of nitrogens with one attached hydrogen (secondary N) is 1. The fourth-order valence-electron chi connectivity index (χ4n) is 2.26. The third kappa shape index (κ3) is 1.63. The first kappa shape index (κ1) is 9.91. The molecule has 0 aliphatic heterocycles. The molecule has 0 radical (unpaired) electrons. The fraction of sp³-hybridized carbons (Fsp3) is 0.429. The number of aryl methyl sites for hydroxylation is 1. The molecule has 1 heterocycles. The van der Waals surface area contributed by atoms with Gasteiger partial charge in [0.25, 0.3) is 0 Å². The van der Waals surface area contributed by atoms with Gasteiger partial charge in [0.1, 0.15) is 5.58 Å². The topological polar surface area (TPSA) is 25.2 Å². The molecule has 3 rings (SSSR count). The number of furan rings is 1. The van der Waals surface area contributed by atoms with E-state index in [0.717, 1.165) is 18.2 Å². The van der Waals surface area contributed by atoms with Gasteiger partial charge in [-0.05, 0) is 25.3 Å². The average molecular weight is 215 g/mol. The van der Waals surface area contributed by atoms with E-state index in [1.54, 1.807) is 0 Å². The van der Waals surface area contributed by atoms with Crippen molar-refractivity contribution < 1.29 is 4.42 Å². The number of hydrogen-bond donors (Lipinski definition) is 1. The maximum atomic E-state index is 5.62. The van der Waals surface area contributed by atoms with Crippen LogP contribution in [0.3, 0.4) is 0 Å². The molecule has 0 spiro atoms. The van der Waals surface area contributed by atoms with Gasteiger partial charge in [-0.25, -0.2) is 0 Å². The molecule has 0 unspecified atom stereocenters. The van der Waals surface area contributed by atoms with Crippen molar-refractivity contribution in [1.29, 1.82) is 0 Å². The van der Waals surface area contributed by atoms with E-state index in [-0.39, 0.29) is 0 Å². The summed E-state index contributed by atoms with van der Waals surface area (Å²) in [6.45, 7) is 3.02. The molecule has 2 heteroatoms. The molecule has 16 heavy (non-hydrogen) atoms. The van der Waals surface area contributed by atoms with Crippen molar-refractivity contribution >= 4 is 11.0 Å². The van der Waals surface area contributed by atoms with Crippen LogP contribution in [0, 0.1) is 6.92 Å². The van der Waals surface area contributed by atoms with Gasteiger partial charge in [-0.3, -0.25) is 0 Å². The summed E-state index contributed by atoms with van der Waals surface area (Å²) >= 11 is 0. The van der Waals surface area contributed by atoms with Gasteiger partial charge in [0.2, 0.25) is 0 Å². The molecule has 1 fully saturated rings. The average Bonchev–Trinajstić information content (AvgIpc) is 2.61. The van der Waals surface area contributed by atoms with E-state index in [0.29, 0.717) is 0 Å². The van der Waals surface area contributed by atoms with Crippen LogP contribution in [-0.4, -0.2) is 6.04 Å². The lowest BCUT2D eigenvalue weighted by Crippen LogP contribution is -2.34. The molecule has 1 aromatic heterocycles. The predicted molar refractivity (Wildman–Crippen MR) is 65.4 cm³/mol. The van der Waals surface area contributed by atoms with E-state index in [1.165, 1.54) is 35.8 Å². The summed E-state index contributed by atoms with van der Waals surface area (Å²) < 4.78 is 5.62. The second-order valence-electron chi connectivity index (χ2n) is 4.72. The molecule has 1 aromatic carbocycles. The van der Waals surface area contributed by atoms with Gasteiger partial charge in [0.05, 0.1) is 6.26 Å². The molecule has 84 valence electrons. The smallest absolute Gasteiger partial charge is 0.137 e. The van der Waals surface area contributed by atoms with E-state index < -0.39 is 0 Å². The first-order valence-corrected chi connectivity index (χ1v) is 6.03. The van der Waals surface area contributed by atoms with Gasteiger partial charge in [-0.2, -0.15) is 0 Å². The lowest BCUT2D eigenvalue weighted by molar-refractivity contribution is 0.338. The standard InChI is InChI=1S/C14H17NO/c1-10-4-2-7-13-11(9-16-14(10)13)8-15-12-5-3-6-12/h2,4,7,9,12,15H,3,5-6,8H2,1H3. The van der Waals surface area contributed by atoms with Crippen LogP contribution < -0.4 is 5.32 Å². The number of fused-ring (bicyclic) bond motifs is 1. The van der Waals surface area contributed by atoms with Gasteiger partial charge in [0, 0.05) is 23.5 Å². The summed E-state index contributed by atoms with van der Waals surface area (Å²) in [5.74, 6) is 0. The summed E-state index contributed by atoms with van der Waals surface area (Å²) in [5, 5.41) is 4.83. The Morgan fingerprint density at radius 1 is 1.38 bits per heavy atom. The SMILES string of the molecule is Cc1cccc2c(CNC3CCC3)coc12. The van der Waals surface area contributed by atoms with E-state index >= 15 is 0 Å². The third-order valence-electron chi connectivity index (χ3n) is 3.56. The van der Waals surface area contributed by atoms with Gasteiger partial charge in [0.15, 0.2) is 0 Å². The van der Waals surface area contributed by atoms with Crippen LogP contribution in [-0.2, 0) is 6.54 Å². The molecule has 0 atom stereocenters. The van der Waals surface area contributed by atoms with E-state index in [2.05, 4.69) is 30.4 Å². The van der Waals surface area contributed by atoms with Crippen LogP contribution in [0.15, 0.2) is 28.9 Å². The molecule has 2 nitrogen and oxygen atoms in total. The third-order valence-corrected chi connectivity index (χ3v) is 3.56. The Hall–Kier alpha value is -1.28. The zero-order chi connectivity index (χ0) is 11.0. The van der Waals surface area contributed by atoms with Crippen LogP contribution in [0.2, 0.25) is 0 Å². The van der Waals surface area contributed by atoms with Crippen molar-refractivity contribution in [2.45, 2.75) is 38.8 Å². The monoisotopic (exact) mass is 215 g/mol. The summed E-state index contributed by atoms with van der Waals surface area (Å²) in [7, 11) is 0. The maximum absolute atomic E-state index is 5.62. The Kier molecular flexibility index (Phi) is 2.44. The maximum Gasteiger partial charge on any atom is 0.137 e. The highest BCUT2D eigenvalue weighted by Gasteiger charge is 2.17. The van der Waals surface area contributed by atoms with Crippen LogP contribution in [0.5, 0.6) is 0 Å². The Morgan fingerprint density at radius 3 is 3.00 bits per heavy atom. The van der Waals surface area contributed by atoms with Gasteiger partial charge in [-0.1, -0.05) is 24.6 Å². The van der Waals surface area contributed by atoms with Gasteiger partial charge in [-0.15, -0.1) is 0 Å². The number of para-hydroxylation sites is 1. The predicted octanol–water partition coefficient (Wildman–Crippen LogP) is 3.38. The minimum absolute atomic E-state index is 0.731. The molecule has 2 aromatic rings. The molecule has 1 saturated carbocycles. The fourth-order valence-corrected chi connectivity index (χ4v) is 2.26. The van der Waals surface area contributed by atoms with Crippen molar-refractivity contribution in [2.24, 2.45) is 0 Å². The number of rotatable bonds is 3. The number of hydrogen-bond acceptors (Lipinski definition) is 2. The lowest BCUT2D eigenvalue weighted by atomic mass is 9.93. The van der Waals surface area contributed by atoms with Crippen molar-refractivity contribution in [3.63, 3.8) is 0 Å². The molecule has 0 bridgehead atoms. The van der Waals surface area contributed by atoms with Crippen molar-refractivity contribution in [3.8, 4) is 0 Å². The lowest BCUT2D eigenvalue weighted by Gasteiger charge is -2.26. The molecular weight excluding hydrogens is 198 g/mol. The quantitative estimate of drug-likeness (QED) is 0.849. The highest BCUT2D eigenvalue weighted by Crippen LogP contribution is 2.25. The summed E-state index contributed by atoms with van der Waals surface area (Å²) in [6.07, 6.45) is 5.93. The molecule has 1 aliphatic rings. The summed E-state index contributed by atoms with van der Waals surface area (Å²) in [5.41, 5.74) is 3.53. The van der Waals surface area contributed by atoms with E-state index in [4.69, 9.17) is 4.42 Å². The van der Waals surface area contributed by atoms with Gasteiger partial charge < -0.3 is 9.73 Å². The highest BCUT2D eigenvalue weighted by atomic mass is 16.3. The molecule has 0 saturated heterocycles. The zero-order valence-electron chi connectivity index (χ0n) is 9.62.